The quantitative estimate of drug-likeness (QED) is 0.461. The molecule has 0 aromatic carbocycles. The average Bonchev–Trinajstić information content (AvgIpc) is 1.99. The zero-order valence-electron chi connectivity index (χ0n) is 5.75. The van der Waals surface area contributed by atoms with Crippen molar-refractivity contribution >= 4 is 11.8 Å². The van der Waals surface area contributed by atoms with Crippen molar-refractivity contribution in [3.63, 3.8) is 0 Å². The van der Waals surface area contributed by atoms with E-state index in [0.29, 0.717) is 0 Å². The molecule has 0 saturated carbocycles. The number of hydrogen-bond donors (Lipinski definition) is 2. The molecular formula is C4H6N2O4Zn. The summed E-state index contributed by atoms with van der Waals surface area (Å²) >= 11 is 0. The molecule has 0 spiro atoms. The fraction of sp³-hybridized carbons (Fsp3) is 0.500. The van der Waals surface area contributed by atoms with Crippen LogP contribution in [0, 0.1) is 10.4 Å². The Kier molecular flexibility index (Phi) is 9.04. The molecule has 0 bridgehead atoms. The van der Waals surface area contributed by atoms with Crippen molar-refractivity contribution in [1.29, 1.82) is 0 Å². The standard InChI is InChI=1S/C4H6N2O4.Zn/c7-3(5-9)1-2-4(8)6-10;/h1-2H2,(H2-2,5,6,7,8,9,10);/q-2;+2. The van der Waals surface area contributed by atoms with Crippen molar-refractivity contribution < 1.29 is 29.1 Å². The molecule has 0 aromatic rings. The van der Waals surface area contributed by atoms with E-state index in [1.54, 1.807) is 0 Å². The van der Waals surface area contributed by atoms with E-state index >= 15 is 0 Å². The summed E-state index contributed by atoms with van der Waals surface area (Å²) < 4.78 is 0. The second-order valence-corrected chi connectivity index (χ2v) is 1.55. The van der Waals surface area contributed by atoms with Gasteiger partial charge in [0.15, 0.2) is 0 Å². The van der Waals surface area contributed by atoms with Gasteiger partial charge in [0.05, 0.1) is 0 Å². The molecule has 6 nitrogen and oxygen atoms in total. The smallest absolute Gasteiger partial charge is 0.759 e. The maximum atomic E-state index is 10.1. The minimum absolute atomic E-state index is 0. The zero-order valence-corrected chi connectivity index (χ0v) is 8.72. The minimum atomic E-state index is -0.802. The van der Waals surface area contributed by atoms with Gasteiger partial charge in [0.25, 0.3) is 0 Å². The van der Waals surface area contributed by atoms with Gasteiger partial charge in [-0.05, 0) is 0 Å². The van der Waals surface area contributed by atoms with E-state index in [2.05, 4.69) is 0 Å². The minimum Gasteiger partial charge on any atom is -0.759 e. The van der Waals surface area contributed by atoms with E-state index in [9.17, 15) is 20.0 Å². The molecule has 0 radical (unpaired) electrons. The Morgan fingerprint density at radius 3 is 1.45 bits per heavy atom. The Morgan fingerprint density at radius 2 is 1.27 bits per heavy atom. The molecule has 0 aliphatic heterocycles. The van der Waals surface area contributed by atoms with Crippen molar-refractivity contribution in [2.45, 2.75) is 12.8 Å². The summed E-state index contributed by atoms with van der Waals surface area (Å²) in [4.78, 5) is 20.3. The first-order chi connectivity index (χ1) is 4.70. The van der Waals surface area contributed by atoms with Crippen LogP contribution in [0.25, 0.3) is 0 Å². The van der Waals surface area contributed by atoms with Crippen LogP contribution in [0.15, 0.2) is 0 Å². The van der Waals surface area contributed by atoms with Crippen molar-refractivity contribution in [3.8, 4) is 0 Å². The molecule has 58 valence electrons. The van der Waals surface area contributed by atoms with Gasteiger partial charge in [-0.25, -0.2) is 0 Å². The molecule has 7 heteroatoms. The van der Waals surface area contributed by atoms with Crippen LogP contribution in [0.4, 0.5) is 0 Å². The summed E-state index contributed by atoms with van der Waals surface area (Å²) in [7, 11) is 0. The molecule has 2 amide bonds. The first-order valence-corrected chi connectivity index (χ1v) is 2.52. The Hall–Kier alpha value is -0.517. The second kappa shape index (κ2) is 7.59. The van der Waals surface area contributed by atoms with E-state index in [1.165, 1.54) is 0 Å². The monoisotopic (exact) mass is 210 g/mol. The van der Waals surface area contributed by atoms with Crippen LogP contribution < -0.4 is 11.0 Å². The van der Waals surface area contributed by atoms with Crippen molar-refractivity contribution in [3.05, 3.63) is 10.4 Å². The summed E-state index contributed by atoms with van der Waals surface area (Å²) in [6, 6.07) is 0. The number of hydrogen-bond acceptors (Lipinski definition) is 4. The van der Waals surface area contributed by atoms with Gasteiger partial charge in [-0.15, -0.1) is 0 Å². The third-order valence-corrected chi connectivity index (χ3v) is 0.807. The zero-order chi connectivity index (χ0) is 7.98. The fourth-order valence-electron chi connectivity index (χ4n) is 0.329. The number of carbonyl (C=O) groups excluding carboxylic acids is 2. The van der Waals surface area contributed by atoms with Crippen LogP contribution >= 0.6 is 0 Å². The SMILES string of the molecule is O=C(CCC(=O)N[O-])N[O-].[Zn+2]. The molecular weight excluding hydrogens is 205 g/mol. The molecule has 0 saturated heterocycles. The van der Waals surface area contributed by atoms with Crippen LogP contribution in [-0.4, -0.2) is 11.8 Å². The second-order valence-electron chi connectivity index (χ2n) is 1.55. The van der Waals surface area contributed by atoms with E-state index < -0.39 is 11.8 Å². The largest absolute Gasteiger partial charge is 2.00 e. The van der Waals surface area contributed by atoms with Crippen LogP contribution in [0.2, 0.25) is 0 Å². The average molecular weight is 211 g/mol. The normalized spacial score (nSPS) is 7.82. The molecule has 0 aliphatic rings. The first-order valence-electron chi connectivity index (χ1n) is 2.52. The molecule has 11 heavy (non-hydrogen) atoms. The maximum absolute atomic E-state index is 10.1. The molecule has 0 aliphatic carbocycles. The summed E-state index contributed by atoms with van der Waals surface area (Å²) in [6.07, 6.45) is -0.505. The van der Waals surface area contributed by atoms with Gasteiger partial charge >= 0.3 is 19.5 Å². The Labute approximate surface area is 75.6 Å². The number of rotatable bonds is 3. The maximum Gasteiger partial charge on any atom is 2.00 e. The fourth-order valence-corrected chi connectivity index (χ4v) is 0.329. The number of carbonyl (C=O) groups is 2. The van der Waals surface area contributed by atoms with E-state index in [4.69, 9.17) is 0 Å². The van der Waals surface area contributed by atoms with Gasteiger partial charge < -0.3 is 21.4 Å². The van der Waals surface area contributed by atoms with Gasteiger partial charge in [-0.3, -0.25) is 9.59 Å². The predicted octanol–water partition coefficient (Wildman–Crippen LogP) is -1.01. The number of hydroxylamine groups is 2. The Morgan fingerprint density at radius 1 is 1.00 bits per heavy atom. The van der Waals surface area contributed by atoms with Gasteiger partial charge in [-0.1, -0.05) is 0 Å². The van der Waals surface area contributed by atoms with Crippen LogP contribution in [-0.2, 0) is 29.1 Å². The third-order valence-electron chi connectivity index (χ3n) is 0.807. The molecule has 0 unspecified atom stereocenters. The van der Waals surface area contributed by atoms with Crippen molar-refractivity contribution in [1.82, 2.24) is 11.0 Å². The van der Waals surface area contributed by atoms with Crippen LogP contribution in [0.1, 0.15) is 12.8 Å². The van der Waals surface area contributed by atoms with Crippen LogP contribution in [0.3, 0.4) is 0 Å². The number of nitrogens with one attached hydrogen (secondary N) is 2. The molecule has 0 fully saturated rings. The van der Waals surface area contributed by atoms with Gasteiger partial charge in [0.1, 0.15) is 0 Å². The molecule has 0 atom stereocenters. The molecule has 2 N–H and O–H groups in total. The van der Waals surface area contributed by atoms with E-state index in [-0.39, 0.29) is 32.3 Å². The van der Waals surface area contributed by atoms with Crippen molar-refractivity contribution in [2.24, 2.45) is 0 Å². The third kappa shape index (κ3) is 7.38. The van der Waals surface area contributed by atoms with Gasteiger partial charge in [0.2, 0.25) is 11.8 Å². The predicted molar refractivity (Wildman–Crippen MR) is 32.3 cm³/mol. The van der Waals surface area contributed by atoms with Crippen molar-refractivity contribution in [2.75, 3.05) is 0 Å². The molecule has 0 aromatic heterocycles. The summed E-state index contributed by atoms with van der Waals surface area (Å²) in [5.74, 6) is -1.60. The van der Waals surface area contributed by atoms with Crippen LogP contribution in [0.5, 0.6) is 0 Å². The summed E-state index contributed by atoms with van der Waals surface area (Å²) in [5, 5.41) is 19.0. The molecule has 0 rings (SSSR count). The molecule has 0 heterocycles. The number of amides is 2. The Bertz CT molecular complexity index is 124. The van der Waals surface area contributed by atoms with Gasteiger partial charge in [0, 0.05) is 12.8 Å². The van der Waals surface area contributed by atoms with E-state index in [0.717, 1.165) is 11.0 Å². The van der Waals surface area contributed by atoms with Gasteiger partial charge in [-0.2, -0.15) is 0 Å². The van der Waals surface area contributed by atoms with E-state index in [1.807, 2.05) is 0 Å². The Balaban J connectivity index is 0. The summed E-state index contributed by atoms with van der Waals surface area (Å²) in [6.45, 7) is 0. The summed E-state index contributed by atoms with van der Waals surface area (Å²) in [5.41, 5.74) is 2.15. The topological polar surface area (TPSA) is 104 Å². The first kappa shape index (κ1) is 13.1.